The Morgan fingerprint density at radius 1 is 0.962 bits per heavy atom. The second-order valence-corrected chi connectivity index (χ2v) is 5.31. The summed E-state index contributed by atoms with van der Waals surface area (Å²) < 4.78 is 22.8. The van der Waals surface area contributed by atoms with Crippen LogP contribution in [0.25, 0.3) is 0 Å². The zero-order valence-corrected chi connectivity index (χ0v) is 14.2. The van der Waals surface area contributed by atoms with Gasteiger partial charge in [0.1, 0.15) is 11.6 Å². The second kappa shape index (κ2) is 9.31. The number of amides is 1. The largest absolute Gasteiger partial charge is 0.482 e. The van der Waals surface area contributed by atoms with Gasteiger partial charge in [-0.15, -0.1) is 0 Å². The summed E-state index contributed by atoms with van der Waals surface area (Å²) >= 11 is 0. The molecule has 0 bridgehead atoms. The predicted molar refractivity (Wildman–Crippen MR) is 92.5 cm³/mol. The van der Waals surface area contributed by atoms with Gasteiger partial charge in [-0.25, -0.2) is 9.18 Å². The highest BCUT2D eigenvalue weighted by Crippen LogP contribution is 2.13. The van der Waals surface area contributed by atoms with Crippen LogP contribution in [0.1, 0.15) is 23.7 Å². The van der Waals surface area contributed by atoms with Gasteiger partial charge >= 0.3 is 5.97 Å². The fourth-order valence-electron chi connectivity index (χ4n) is 2.00. The number of benzene rings is 2. The molecule has 136 valence electrons. The molecule has 0 heterocycles. The molecule has 2 rings (SSSR count). The molecular formula is C19H18FNO5. The summed E-state index contributed by atoms with van der Waals surface area (Å²) in [6.07, 6.45) is 0.409. The number of ether oxygens (including phenoxy) is 2. The first kappa shape index (κ1) is 19.1. The predicted octanol–water partition coefficient (Wildman–Crippen LogP) is 2.98. The van der Waals surface area contributed by atoms with Crippen molar-refractivity contribution in [2.24, 2.45) is 0 Å². The van der Waals surface area contributed by atoms with Crippen LogP contribution in [-0.2, 0) is 14.3 Å². The van der Waals surface area contributed by atoms with E-state index in [1.165, 1.54) is 24.3 Å². The van der Waals surface area contributed by atoms with Gasteiger partial charge in [0.05, 0.1) is 0 Å². The van der Waals surface area contributed by atoms with Crippen LogP contribution in [0.3, 0.4) is 0 Å². The molecule has 0 unspecified atom stereocenters. The van der Waals surface area contributed by atoms with Crippen molar-refractivity contribution in [3.8, 4) is 5.75 Å². The number of esters is 1. The number of anilines is 1. The molecule has 2 aromatic rings. The van der Waals surface area contributed by atoms with Crippen LogP contribution in [0.2, 0.25) is 0 Å². The Hall–Kier alpha value is -3.22. The summed E-state index contributed by atoms with van der Waals surface area (Å²) in [7, 11) is 0. The molecule has 0 saturated carbocycles. The van der Waals surface area contributed by atoms with Crippen molar-refractivity contribution < 1.29 is 28.2 Å². The van der Waals surface area contributed by atoms with E-state index in [4.69, 9.17) is 9.47 Å². The molecule has 0 aliphatic rings. The van der Waals surface area contributed by atoms with Crippen LogP contribution < -0.4 is 10.1 Å². The van der Waals surface area contributed by atoms with Crippen LogP contribution in [0, 0.1) is 5.82 Å². The van der Waals surface area contributed by atoms with E-state index in [0.717, 1.165) is 0 Å². The zero-order valence-electron chi connectivity index (χ0n) is 14.2. The Morgan fingerprint density at radius 3 is 2.23 bits per heavy atom. The van der Waals surface area contributed by atoms with E-state index in [9.17, 15) is 18.8 Å². The lowest BCUT2D eigenvalue weighted by Crippen LogP contribution is -2.23. The van der Waals surface area contributed by atoms with E-state index in [-0.39, 0.29) is 12.4 Å². The van der Waals surface area contributed by atoms with Crippen molar-refractivity contribution in [1.82, 2.24) is 0 Å². The number of Topliss-reactive ketones (excluding diaryl/α,β-unsaturated/α-hetero) is 1. The highest BCUT2D eigenvalue weighted by molar-refractivity contribution is 5.96. The number of hydrogen-bond donors (Lipinski definition) is 1. The van der Waals surface area contributed by atoms with Crippen molar-refractivity contribution in [3.05, 3.63) is 59.9 Å². The quantitative estimate of drug-likeness (QED) is 0.579. The van der Waals surface area contributed by atoms with E-state index >= 15 is 0 Å². The Balaban J connectivity index is 1.72. The first-order valence-electron chi connectivity index (χ1n) is 7.95. The van der Waals surface area contributed by atoms with E-state index in [1.54, 1.807) is 31.2 Å². The van der Waals surface area contributed by atoms with Gasteiger partial charge in [-0.1, -0.05) is 6.92 Å². The van der Waals surface area contributed by atoms with Gasteiger partial charge in [0.2, 0.25) is 0 Å². The topological polar surface area (TPSA) is 81.7 Å². The first-order chi connectivity index (χ1) is 12.5. The van der Waals surface area contributed by atoms with Gasteiger partial charge in [0.15, 0.2) is 19.0 Å². The number of halogens is 1. The minimum Gasteiger partial charge on any atom is -0.482 e. The number of carbonyl (C=O) groups is 3. The smallest absolute Gasteiger partial charge is 0.344 e. The van der Waals surface area contributed by atoms with Gasteiger partial charge < -0.3 is 14.8 Å². The third-order valence-electron chi connectivity index (χ3n) is 3.35. The summed E-state index contributed by atoms with van der Waals surface area (Å²) in [6, 6.07) is 11.6. The Morgan fingerprint density at radius 2 is 1.62 bits per heavy atom. The Bertz CT molecular complexity index is 772. The number of hydrogen-bond acceptors (Lipinski definition) is 5. The zero-order chi connectivity index (χ0) is 18.9. The molecule has 7 heteroatoms. The van der Waals surface area contributed by atoms with Crippen molar-refractivity contribution in [2.75, 3.05) is 18.5 Å². The van der Waals surface area contributed by atoms with Crippen LogP contribution in [0.15, 0.2) is 48.5 Å². The molecule has 1 N–H and O–H groups in total. The van der Waals surface area contributed by atoms with Crippen LogP contribution >= 0.6 is 0 Å². The second-order valence-electron chi connectivity index (χ2n) is 5.31. The summed E-state index contributed by atoms with van der Waals surface area (Å²) in [4.78, 5) is 34.8. The highest BCUT2D eigenvalue weighted by Gasteiger charge is 2.09. The molecule has 0 aromatic heterocycles. The van der Waals surface area contributed by atoms with Crippen LogP contribution in [0.5, 0.6) is 5.75 Å². The number of rotatable bonds is 8. The molecule has 0 atom stereocenters. The van der Waals surface area contributed by atoms with Crippen molar-refractivity contribution in [2.45, 2.75) is 13.3 Å². The fourth-order valence-corrected chi connectivity index (χ4v) is 2.00. The molecule has 6 nitrogen and oxygen atoms in total. The van der Waals surface area contributed by atoms with Gasteiger partial charge in [0, 0.05) is 17.7 Å². The monoisotopic (exact) mass is 359 g/mol. The maximum absolute atomic E-state index is 12.8. The van der Waals surface area contributed by atoms with Crippen LogP contribution in [0.4, 0.5) is 10.1 Å². The van der Waals surface area contributed by atoms with E-state index in [1.807, 2.05) is 0 Å². The number of carbonyl (C=O) groups excluding carboxylic acids is 3. The van der Waals surface area contributed by atoms with Gasteiger partial charge in [-0.05, 0) is 48.5 Å². The lowest BCUT2D eigenvalue weighted by Gasteiger charge is -2.08. The molecule has 0 fully saturated rings. The molecule has 2 aromatic carbocycles. The third kappa shape index (κ3) is 6.01. The maximum Gasteiger partial charge on any atom is 0.344 e. The molecule has 0 radical (unpaired) electrons. The average Bonchev–Trinajstić information content (AvgIpc) is 2.66. The fraction of sp³-hybridized carbons (Fsp3) is 0.211. The Kier molecular flexibility index (Phi) is 6.84. The van der Waals surface area contributed by atoms with Gasteiger partial charge in [0.25, 0.3) is 5.91 Å². The molecule has 1 amide bonds. The third-order valence-corrected chi connectivity index (χ3v) is 3.35. The molecule has 0 aliphatic carbocycles. The minimum absolute atomic E-state index is 0.0168. The lowest BCUT2D eigenvalue weighted by atomic mass is 10.1. The molecule has 0 saturated heterocycles. The first-order valence-corrected chi connectivity index (χ1v) is 7.95. The van der Waals surface area contributed by atoms with Gasteiger partial charge in [-0.3, -0.25) is 9.59 Å². The average molecular weight is 359 g/mol. The van der Waals surface area contributed by atoms with E-state index in [0.29, 0.717) is 23.4 Å². The van der Waals surface area contributed by atoms with E-state index < -0.39 is 24.3 Å². The molecular weight excluding hydrogens is 341 g/mol. The SMILES string of the molecule is CCC(=O)c1ccc(OCC(=O)OCC(=O)Nc2ccc(F)cc2)cc1. The normalized spacial score (nSPS) is 10.1. The molecule has 0 spiro atoms. The molecule has 0 aliphatic heterocycles. The lowest BCUT2D eigenvalue weighted by molar-refractivity contribution is -0.149. The van der Waals surface area contributed by atoms with E-state index in [2.05, 4.69) is 5.32 Å². The maximum atomic E-state index is 12.8. The van der Waals surface area contributed by atoms with Crippen molar-refractivity contribution >= 4 is 23.3 Å². The Labute approximate surface area is 149 Å². The summed E-state index contributed by atoms with van der Waals surface area (Å²) in [6.45, 7) is 0.920. The summed E-state index contributed by atoms with van der Waals surface area (Å²) in [5, 5.41) is 2.47. The minimum atomic E-state index is -0.715. The standard InChI is InChI=1S/C19H18FNO5/c1-2-17(22)13-3-9-16(10-4-13)25-12-19(24)26-11-18(23)21-15-7-5-14(20)6-8-15/h3-10H,2,11-12H2,1H3,(H,21,23). The van der Waals surface area contributed by atoms with Crippen molar-refractivity contribution in [1.29, 1.82) is 0 Å². The highest BCUT2D eigenvalue weighted by atomic mass is 19.1. The number of ketones is 1. The van der Waals surface area contributed by atoms with Crippen LogP contribution in [-0.4, -0.2) is 30.9 Å². The summed E-state index contributed by atoms with van der Waals surface area (Å²) in [5.74, 6) is -1.26. The summed E-state index contributed by atoms with van der Waals surface area (Å²) in [5.41, 5.74) is 0.963. The molecule has 26 heavy (non-hydrogen) atoms. The number of nitrogens with one attached hydrogen (secondary N) is 1. The van der Waals surface area contributed by atoms with Crippen molar-refractivity contribution in [3.63, 3.8) is 0 Å². The van der Waals surface area contributed by atoms with Gasteiger partial charge in [-0.2, -0.15) is 0 Å².